The molecule has 3 aromatic carbocycles. The fourth-order valence-corrected chi connectivity index (χ4v) is 7.46. The predicted molar refractivity (Wildman–Crippen MR) is 206 cm³/mol. The van der Waals surface area contributed by atoms with Gasteiger partial charge in [0.15, 0.2) is 0 Å². The van der Waals surface area contributed by atoms with Crippen molar-refractivity contribution in [1.82, 2.24) is 25.0 Å². The third-order valence-corrected chi connectivity index (χ3v) is 10.4. The number of alkyl halides is 3. The van der Waals surface area contributed by atoms with Gasteiger partial charge in [-0.1, -0.05) is 18.2 Å². The number of piperidine rings is 1. The van der Waals surface area contributed by atoms with Crippen LogP contribution in [0, 0.1) is 17.2 Å². The summed E-state index contributed by atoms with van der Waals surface area (Å²) in [5.41, 5.74) is 2.19. The minimum Gasteiger partial charge on any atom is -0.455 e. The molecule has 1 saturated heterocycles. The van der Waals surface area contributed by atoms with Gasteiger partial charge in [0.1, 0.15) is 23.9 Å². The minimum absolute atomic E-state index is 0. The summed E-state index contributed by atoms with van der Waals surface area (Å²) >= 11 is 0.866. The summed E-state index contributed by atoms with van der Waals surface area (Å²) in [6.45, 7) is 3.34. The van der Waals surface area contributed by atoms with Gasteiger partial charge in [0.2, 0.25) is 5.13 Å². The number of ether oxygens (including phenoxy) is 1. The number of halogens is 6. The van der Waals surface area contributed by atoms with E-state index in [1.807, 2.05) is 12.1 Å². The average molecular weight is 829 g/mol. The highest BCUT2D eigenvalue weighted by atomic mass is 35.5. The van der Waals surface area contributed by atoms with E-state index in [2.05, 4.69) is 29.7 Å². The number of aromatic nitrogens is 3. The molecule has 5 aromatic rings. The molecule has 2 aromatic heterocycles. The molecule has 0 amide bonds. The Labute approximate surface area is 328 Å². The number of pyridine rings is 1. The van der Waals surface area contributed by atoms with Crippen LogP contribution in [0.2, 0.25) is 0 Å². The fourth-order valence-electron chi connectivity index (χ4n) is 5.78. The lowest BCUT2D eigenvalue weighted by Gasteiger charge is -2.22. The zero-order valence-corrected chi connectivity index (χ0v) is 31.9. The summed E-state index contributed by atoms with van der Waals surface area (Å²) in [4.78, 5) is 7.99. The quantitative estimate of drug-likeness (QED) is 0.106. The molecule has 3 heterocycles. The molecule has 0 spiro atoms. The Morgan fingerprint density at radius 1 is 0.962 bits per heavy atom. The first-order valence-electron chi connectivity index (χ1n) is 15.8. The molecule has 0 atom stereocenters. The summed E-state index contributed by atoms with van der Waals surface area (Å²) in [5, 5.41) is 17.0. The average Bonchev–Trinajstić information content (AvgIpc) is 3.63. The van der Waals surface area contributed by atoms with E-state index in [0.29, 0.717) is 34.9 Å². The Morgan fingerprint density at radius 3 is 2.43 bits per heavy atom. The SMILES string of the molecule is Cl.Cl.Cl.N#Cc1cc(S(=O)(=O)Nc2ncns2)ccc1Oc1ccc(-c2cccc(C(F)(F)F)c2)cc1-c1ccncc1CNCCC1CCNCC1. The van der Waals surface area contributed by atoms with E-state index in [1.54, 1.807) is 36.7 Å². The van der Waals surface area contributed by atoms with Crippen LogP contribution >= 0.6 is 48.8 Å². The van der Waals surface area contributed by atoms with Gasteiger partial charge in [0, 0.05) is 36.0 Å². The molecule has 1 aliphatic rings. The summed E-state index contributed by atoms with van der Waals surface area (Å²) in [6, 6.07) is 17.8. The van der Waals surface area contributed by atoms with E-state index >= 15 is 0 Å². The standard InChI is InChI=1S/C35H32F3N7O3S2.3ClH/c36-35(37,38)28-3-1-2-24(16-28)25-4-6-33(48-32-7-5-29(17-26(32)19-39)50(46,47)45-34-43-22-44-49-34)31(18-25)30-11-15-42-21-27(30)20-41-14-10-23-8-12-40-13-9-23;;;/h1-7,11,15-18,21-23,40-41H,8-10,12-14,20H2,(H,43,44,45);3*1H. The number of nitriles is 1. The number of hydrogen-bond acceptors (Lipinski definition) is 10. The largest absolute Gasteiger partial charge is 0.455 e. The summed E-state index contributed by atoms with van der Waals surface area (Å²) in [7, 11) is -4.08. The highest BCUT2D eigenvalue weighted by molar-refractivity contribution is 7.93. The maximum Gasteiger partial charge on any atom is 0.416 e. The second kappa shape index (κ2) is 19.4. The highest BCUT2D eigenvalue weighted by Crippen LogP contribution is 2.40. The van der Waals surface area contributed by atoms with Gasteiger partial charge in [0.25, 0.3) is 10.0 Å². The molecule has 0 aliphatic carbocycles. The van der Waals surface area contributed by atoms with E-state index in [1.165, 1.54) is 30.6 Å². The van der Waals surface area contributed by atoms with Crippen LogP contribution in [0.5, 0.6) is 11.5 Å². The number of hydrogen-bond donors (Lipinski definition) is 3. The molecule has 3 N–H and O–H groups in total. The van der Waals surface area contributed by atoms with Crippen molar-refractivity contribution in [2.75, 3.05) is 24.4 Å². The molecule has 282 valence electrons. The van der Waals surface area contributed by atoms with E-state index < -0.39 is 21.8 Å². The van der Waals surface area contributed by atoms with Crippen molar-refractivity contribution in [1.29, 1.82) is 5.26 Å². The summed E-state index contributed by atoms with van der Waals surface area (Å²) in [6.07, 6.45) is 3.38. The van der Waals surface area contributed by atoms with Crippen LogP contribution in [-0.2, 0) is 22.7 Å². The second-order valence-corrected chi connectivity index (χ2v) is 14.2. The number of sulfonamides is 1. The van der Waals surface area contributed by atoms with Crippen molar-refractivity contribution >= 4 is 63.9 Å². The third kappa shape index (κ3) is 11.0. The van der Waals surface area contributed by atoms with E-state index in [4.69, 9.17) is 4.74 Å². The fraction of sp³-hybridized carbons (Fsp3) is 0.257. The highest BCUT2D eigenvalue weighted by Gasteiger charge is 2.30. The monoisotopic (exact) mass is 827 g/mol. The Balaban J connectivity index is 0.00000252. The molecule has 0 unspecified atom stereocenters. The summed E-state index contributed by atoms with van der Waals surface area (Å²) < 4.78 is 79.2. The zero-order chi connectivity index (χ0) is 35.1. The van der Waals surface area contributed by atoms with Crippen LogP contribution in [0.1, 0.15) is 36.0 Å². The number of nitrogens with one attached hydrogen (secondary N) is 3. The first-order chi connectivity index (χ1) is 24.1. The van der Waals surface area contributed by atoms with Gasteiger partial charge in [0.05, 0.1) is 16.0 Å². The molecule has 0 radical (unpaired) electrons. The maximum absolute atomic E-state index is 13.6. The van der Waals surface area contributed by atoms with Crippen molar-refractivity contribution in [2.45, 2.75) is 36.9 Å². The Bertz CT molecular complexity index is 2110. The van der Waals surface area contributed by atoms with Crippen LogP contribution in [0.3, 0.4) is 0 Å². The summed E-state index contributed by atoms with van der Waals surface area (Å²) in [5.74, 6) is 1.05. The molecule has 6 rings (SSSR count). The number of anilines is 1. The van der Waals surface area contributed by atoms with Crippen molar-refractivity contribution in [2.24, 2.45) is 5.92 Å². The van der Waals surface area contributed by atoms with Crippen LogP contribution in [0.15, 0.2) is 90.3 Å². The molecule has 0 bridgehead atoms. The smallest absolute Gasteiger partial charge is 0.416 e. The molecule has 53 heavy (non-hydrogen) atoms. The van der Waals surface area contributed by atoms with Crippen LogP contribution in [-0.4, -0.2) is 42.4 Å². The lowest BCUT2D eigenvalue weighted by molar-refractivity contribution is -0.137. The number of benzene rings is 3. The van der Waals surface area contributed by atoms with Crippen LogP contribution in [0.4, 0.5) is 18.3 Å². The molecule has 1 fully saturated rings. The third-order valence-electron chi connectivity index (χ3n) is 8.38. The molecule has 0 saturated carbocycles. The molecule has 10 nitrogen and oxygen atoms in total. The Kier molecular flexibility index (Phi) is 15.8. The molecular weight excluding hydrogens is 794 g/mol. The lowest BCUT2D eigenvalue weighted by Crippen LogP contribution is -2.29. The second-order valence-electron chi connectivity index (χ2n) is 11.7. The Hall–Kier alpha value is -4.01. The van der Waals surface area contributed by atoms with Crippen LogP contribution in [0.25, 0.3) is 22.3 Å². The van der Waals surface area contributed by atoms with Gasteiger partial charge in [-0.05, 0) is 116 Å². The van der Waals surface area contributed by atoms with Crippen molar-refractivity contribution in [3.8, 4) is 39.8 Å². The first kappa shape index (κ1) is 43.4. The normalized spacial score (nSPS) is 13.1. The van der Waals surface area contributed by atoms with Gasteiger partial charge in [-0.15, -0.1) is 37.2 Å². The molecule has 1 aliphatic heterocycles. The van der Waals surface area contributed by atoms with E-state index in [-0.39, 0.29) is 58.6 Å². The van der Waals surface area contributed by atoms with Crippen molar-refractivity contribution in [3.63, 3.8) is 0 Å². The topological polar surface area (TPSA) is 142 Å². The van der Waals surface area contributed by atoms with Crippen molar-refractivity contribution in [3.05, 3.63) is 102 Å². The van der Waals surface area contributed by atoms with Gasteiger partial charge < -0.3 is 15.4 Å². The molecule has 18 heteroatoms. The lowest BCUT2D eigenvalue weighted by atomic mass is 9.94. The number of rotatable bonds is 12. The molecular formula is C35H35Cl3F3N7O3S2. The van der Waals surface area contributed by atoms with Crippen molar-refractivity contribution < 1.29 is 26.3 Å². The zero-order valence-electron chi connectivity index (χ0n) is 27.8. The van der Waals surface area contributed by atoms with E-state index in [0.717, 1.165) is 73.7 Å². The van der Waals surface area contributed by atoms with Gasteiger partial charge in [-0.2, -0.15) is 22.8 Å². The number of nitrogens with zero attached hydrogens (tertiary/aromatic N) is 4. The van der Waals surface area contributed by atoms with E-state index in [9.17, 15) is 26.9 Å². The van der Waals surface area contributed by atoms with Gasteiger partial charge >= 0.3 is 6.18 Å². The van der Waals surface area contributed by atoms with Crippen LogP contribution < -0.4 is 20.1 Å². The minimum atomic E-state index is -4.51. The van der Waals surface area contributed by atoms with Gasteiger partial charge in [-0.25, -0.2) is 13.4 Å². The Morgan fingerprint density at radius 2 is 1.72 bits per heavy atom. The first-order valence-corrected chi connectivity index (χ1v) is 18.0. The van der Waals surface area contributed by atoms with Gasteiger partial charge in [-0.3, -0.25) is 9.71 Å². The predicted octanol–water partition coefficient (Wildman–Crippen LogP) is 8.50. The maximum atomic E-state index is 13.6.